The maximum atomic E-state index is 12.3. The predicted molar refractivity (Wildman–Crippen MR) is 109 cm³/mol. The first kappa shape index (κ1) is 19.1. The van der Waals surface area contributed by atoms with Gasteiger partial charge in [-0.25, -0.2) is 4.68 Å². The van der Waals surface area contributed by atoms with E-state index in [1.165, 1.54) is 35.8 Å². The number of hydrogen-bond donors (Lipinski definition) is 1. The van der Waals surface area contributed by atoms with E-state index in [-0.39, 0.29) is 12.5 Å². The summed E-state index contributed by atoms with van der Waals surface area (Å²) < 4.78 is 7.16. The molecule has 1 N–H and O–H groups in total. The number of nitrogens with zero attached hydrogens (tertiary/aromatic N) is 5. The van der Waals surface area contributed by atoms with E-state index in [1.807, 2.05) is 30.3 Å². The third kappa shape index (κ3) is 5.39. The number of likely N-dealkylation sites (tertiary alicyclic amines) is 1. The standard InChI is InChI=1S/C21H24N6O2/c28-21(15-29-20-9-5-8-19(13-20)27-16-22-24-25-27)23-18-7-4-6-17(12-18)14-26-10-2-1-3-11-26/h4-9,12-13,16H,1-3,10-11,14-15H2,(H,23,28). The van der Waals surface area contributed by atoms with E-state index in [9.17, 15) is 4.79 Å². The molecular formula is C21H24N6O2. The lowest BCUT2D eigenvalue weighted by atomic mass is 10.1. The van der Waals surface area contributed by atoms with Crippen LogP contribution in [-0.2, 0) is 11.3 Å². The number of rotatable bonds is 7. The molecule has 1 aliphatic rings. The minimum Gasteiger partial charge on any atom is -0.484 e. The molecule has 0 spiro atoms. The van der Waals surface area contributed by atoms with Gasteiger partial charge in [0, 0.05) is 18.3 Å². The monoisotopic (exact) mass is 392 g/mol. The van der Waals surface area contributed by atoms with Crippen LogP contribution in [0.3, 0.4) is 0 Å². The maximum absolute atomic E-state index is 12.3. The second kappa shape index (κ2) is 9.29. The number of nitrogens with one attached hydrogen (secondary N) is 1. The van der Waals surface area contributed by atoms with Gasteiger partial charge >= 0.3 is 0 Å². The fourth-order valence-corrected chi connectivity index (χ4v) is 3.46. The molecule has 1 saturated heterocycles. The summed E-state index contributed by atoms with van der Waals surface area (Å²) in [5.74, 6) is 0.375. The van der Waals surface area contributed by atoms with Crippen molar-refractivity contribution in [3.8, 4) is 11.4 Å². The van der Waals surface area contributed by atoms with Crippen molar-refractivity contribution in [3.05, 3.63) is 60.4 Å². The number of tetrazole rings is 1. The molecule has 1 fully saturated rings. The highest BCUT2D eigenvalue weighted by molar-refractivity contribution is 5.91. The van der Waals surface area contributed by atoms with Gasteiger partial charge < -0.3 is 10.1 Å². The molecule has 1 amide bonds. The van der Waals surface area contributed by atoms with Gasteiger partial charge in [0.05, 0.1) is 5.69 Å². The van der Waals surface area contributed by atoms with Crippen LogP contribution >= 0.6 is 0 Å². The van der Waals surface area contributed by atoms with Crippen molar-refractivity contribution in [1.82, 2.24) is 25.1 Å². The van der Waals surface area contributed by atoms with E-state index in [0.717, 1.165) is 31.0 Å². The van der Waals surface area contributed by atoms with E-state index >= 15 is 0 Å². The van der Waals surface area contributed by atoms with Crippen LogP contribution in [0, 0.1) is 0 Å². The first-order valence-corrected chi connectivity index (χ1v) is 9.84. The summed E-state index contributed by atoms with van der Waals surface area (Å²) in [7, 11) is 0. The first-order chi connectivity index (χ1) is 14.3. The molecule has 4 rings (SSSR count). The number of anilines is 1. The number of amides is 1. The SMILES string of the molecule is O=C(COc1cccc(-n2cnnn2)c1)Nc1cccc(CN2CCCCC2)c1. The van der Waals surface area contributed by atoms with Gasteiger partial charge in [-0.3, -0.25) is 9.69 Å². The van der Waals surface area contributed by atoms with Gasteiger partial charge in [-0.15, -0.1) is 5.10 Å². The number of hydrogen-bond acceptors (Lipinski definition) is 6. The van der Waals surface area contributed by atoms with Gasteiger partial charge in [-0.2, -0.15) is 0 Å². The molecule has 1 aromatic heterocycles. The van der Waals surface area contributed by atoms with E-state index in [0.29, 0.717) is 5.75 Å². The van der Waals surface area contributed by atoms with Crippen molar-refractivity contribution < 1.29 is 9.53 Å². The van der Waals surface area contributed by atoms with Gasteiger partial charge in [0.1, 0.15) is 12.1 Å². The molecule has 0 radical (unpaired) electrons. The Kier molecular flexibility index (Phi) is 6.11. The summed E-state index contributed by atoms with van der Waals surface area (Å²) >= 11 is 0. The normalized spacial score (nSPS) is 14.5. The van der Waals surface area contributed by atoms with Crippen molar-refractivity contribution in [3.63, 3.8) is 0 Å². The quantitative estimate of drug-likeness (QED) is 0.665. The van der Waals surface area contributed by atoms with Crippen molar-refractivity contribution in [2.75, 3.05) is 25.0 Å². The van der Waals surface area contributed by atoms with E-state index in [2.05, 4.69) is 31.8 Å². The van der Waals surface area contributed by atoms with Gasteiger partial charge in [0.25, 0.3) is 5.91 Å². The molecule has 8 heteroatoms. The van der Waals surface area contributed by atoms with Crippen molar-refractivity contribution in [2.45, 2.75) is 25.8 Å². The first-order valence-electron chi connectivity index (χ1n) is 9.84. The van der Waals surface area contributed by atoms with Crippen molar-refractivity contribution >= 4 is 11.6 Å². The van der Waals surface area contributed by atoms with Crippen LogP contribution in [0.4, 0.5) is 5.69 Å². The third-order valence-electron chi connectivity index (χ3n) is 4.87. The molecule has 8 nitrogen and oxygen atoms in total. The minimum absolute atomic E-state index is 0.0740. The number of benzene rings is 2. The molecule has 0 aliphatic carbocycles. The molecule has 150 valence electrons. The zero-order valence-corrected chi connectivity index (χ0v) is 16.2. The fraction of sp³-hybridized carbons (Fsp3) is 0.333. The summed E-state index contributed by atoms with van der Waals surface area (Å²) in [6, 6.07) is 15.3. The van der Waals surface area contributed by atoms with Gasteiger partial charge in [0.15, 0.2) is 6.61 Å². The van der Waals surface area contributed by atoms with E-state index in [1.54, 1.807) is 12.1 Å². The van der Waals surface area contributed by atoms with Gasteiger partial charge in [0.2, 0.25) is 0 Å². The number of ether oxygens (including phenoxy) is 1. The highest BCUT2D eigenvalue weighted by Crippen LogP contribution is 2.17. The lowest BCUT2D eigenvalue weighted by Gasteiger charge is -2.26. The Labute approximate surface area is 169 Å². The molecule has 0 bridgehead atoms. The second-order valence-electron chi connectivity index (χ2n) is 7.13. The highest BCUT2D eigenvalue weighted by Gasteiger charge is 2.11. The van der Waals surface area contributed by atoms with E-state index < -0.39 is 0 Å². The molecule has 2 heterocycles. The molecule has 0 atom stereocenters. The number of aromatic nitrogens is 4. The van der Waals surface area contributed by atoms with Crippen molar-refractivity contribution in [2.24, 2.45) is 0 Å². The van der Waals surface area contributed by atoms with Crippen LogP contribution in [0.2, 0.25) is 0 Å². The molecular weight excluding hydrogens is 368 g/mol. The lowest BCUT2D eigenvalue weighted by Crippen LogP contribution is -2.29. The van der Waals surface area contributed by atoms with Crippen molar-refractivity contribution in [1.29, 1.82) is 0 Å². The number of carbonyl (C=O) groups is 1. The second-order valence-corrected chi connectivity index (χ2v) is 7.13. The van der Waals surface area contributed by atoms with Crippen LogP contribution in [0.5, 0.6) is 5.75 Å². The lowest BCUT2D eigenvalue weighted by molar-refractivity contribution is -0.118. The van der Waals surface area contributed by atoms with Gasteiger partial charge in [-0.1, -0.05) is 24.6 Å². The molecule has 0 saturated carbocycles. The summed E-state index contributed by atoms with van der Waals surface area (Å²) in [5.41, 5.74) is 2.76. The smallest absolute Gasteiger partial charge is 0.262 e. The van der Waals surface area contributed by atoms with Crippen LogP contribution in [0.25, 0.3) is 5.69 Å². The van der Waals surface area contributed by atoms with Gasteiger partial charge in [-0.05, 0) is 66.2 Å². The maximum Gasteiger partial charge on any atom is 0.262 e. The Morgan fingerprint density at radius 3 is 2.76 bits per heavy atom. The average molecular weight is 392 g/mol. The largest absolute Gasteiger partial charge is 0.484 e. The van der Waals surface area contributed by atoms with Crippen LogP contribution in [0.1, 0.15) is 24.8 Å². The minimum atomic E-state index is -0.201. The molecule has 2 aromatic carbocycles. The highest BCUT2D eigenvalue weighted by atomic mass is 16.5. The number of piperidine rings is 1. The Balaban J connectivity index is 1.31. The average Bonchev–Trinajstić information content (AvgIpc) is 3.29. The molecule has 3 aromatic rings. The van der Waals surface area contributed by atoms with Crippen LogP contribution in [0.15, 0.2) is 54.9 Å². The van der Waals surface area contributed by atoms with Crippen LogP contribution < -0.4 is 10.1 Å². The summed E-state index contributed by atoms with van der Waals surface area (Å²) in [6.07, 6.45) is 5.36. The summed E-state index contributed by atoms with van der Waals surface area (Å²) in [4.78, 5) is 14.8. The topological polar surface area (TPSA) is 85.2 Å². The Morgan fingerprint density at radius 2 is 1.93 bits per heavy atom. The third-order valence-corrected chi connectivity index (χ3v) is 4.87. The molecule has 1 aliphatic heterocycles. The Hall–Kier alpha value is -3.26. The summed E-state index contributed by atoms with van der Waals surface area (Å²) in [5, 5.41) is 14.0. The molecule has 0 unspecified atom stereocenters. The number of carbonyl (C=O) groups excluding carboxylic acids is 1. The van der Waals surface area contributed by atoms with Crippen LogP contribution in [-0.4, -0.2) is 50.7 Å². The Bertz CT molecular complexity index is 938. The zero-order chi connectivity index (χ0) is 19.9. The van der Waals surface area contributed by atoms with E-state index in [4.69, 9.17) is 4.74 Å². The fourth-order valence-electron chi connectivity index (χ4n) is 3.46. The molecule has 29 heavy (non-hydrogen) atoms. The predicted octanol–water partition coefficient (Wildman–Crippen LogP) is 2.67. The zero-order valence-electron chi connectivity index (χ0n) is 16.2. The Morgan fingerprint density at radius 1 is 1.07 bits per heavy atom. The summed E-state index contributed by atoms with van der Waals surface area (Å²) in [6.45, 7) is 3.14.